The molecule has 7 heteroatoms. The Morgan fingerprint density at radius 1 is 1.15 bits per heavy atom. The number of carboxylic acids is 1. The van der Waals surface area contributed by atoms with Gasteiger partial charge in [0.15, 0.2) is 0 Å². The van der Waals surface area contributed by atoms with Crippen LogP contribution in [0.25, 0.3) is 0 Å². The molecule has 1 saturated heterocycles. The van der Waals surface area contributed by atoms with Crippen LogP contribution in [0.4, 0.5) is 4.79 Å². The molecule has 0 radical (unpaired) electrons. The second-order valence-corrected chi connectivity index (χ2v) is 9.26. The molecule has 1 aliphatic rings. The Labute approximate surface area is 163 Å². The average Bonchev–Trinajstić information content (AvgIpc) is 2.89. The van der Waals surface area contributed by atoms with E-state index in [0.717, 1.165) is 6.42 Å². The molecule has 0 aromatic carbocycles. The highest BCUT2D eigenvalue weighted by atomic mass is 16.6. The maximum absolute atomic E-state index is 12.3. The largest absolute Gasteiger partial charge is 0.480 e. The summed E-state index contributed by atoms with van der Waals surface area (Å²) >= 11 is 0. The molecule has 1 amide bonds. The zero-order valence-electron chi connectivity index (χ0n) is 17.9. The number of hydrogen-bond acceptors (Lipinski definition) is 5. The van der Waals surface area contributed by atoms with Crippen LogP contribution in [0.15, 0.2) is 0 Å². The van der Waals surface area contributed by atoms with E-state index in [9.17, 15) is 14.7 Å². The topological polar surface area (TPSA) is 85.3 Å². The van der Waals surface area contributed by atoms with Crippen molar-refractivity contribution in [2.24, 2.45) is 5.92 Å². The molecule has 1 heterocycles. The second-order valence-electron chi connectivity index (χ2n) is 9.26. The molecule has 0 aromatic heterocycles. The zero-order chi connectivity index (χ0) is 20.8. The lowest BCUT2D eigenvalue weighted by Crippen LogP contribution is -2.43. The summed E-state index contributed by atoms with van der Waals surface area (Å²) in [5, 5.41) is 9.42. The number of nitrogens with zero attached hydrogens (tertiary/aromatic N) is 1. The molecule has 1 aliphatic heterocycles. The Morgan fingerprint density at radius 3 is 2.30 bits per heavy atom. The van der Waals surface area contributed by atoms with Gasteiger partial charge in [-0.15, -0.1) is 0 Å². The number of likely N-dealkylation sites (tertiary alicyclic amines) is 1. The van der Waals surface area contributed by atoms with Crippen LogP contribution in [0.1, 0.15) is 67.7 Å². The number of aliphatic carboxylic acids is 1. The van der Waals surface area contributed by atoms with E-state index in [2.05, 4.69) is 13.8 Å². The third-order valence-electron chi connectivity index (χ3n) is 4.42. The van der Waals surface area contributed by atoms with Gasteiger partial charge >= 0.3 is 12.1 Å². The molecule has 7 nitrogen and oxygen atoms in total. The third-order valence-corrected chi connectivity index (χ3v) is 4.42. The van der Waals surface area contributed by atoms with E-state index in [-0.39, 0.29) is 24.7 Å². The van der Waals surface area contributed by atoms with E-state index in [1.54, 1.807) is 20.8 Å². The summed E-state index contributed by atoms with van der Waals surface area (Å²) in [4.78, 5) is 25.1. The van der Waals surface area contributed by atoms with E-state index in [0.29, 0.717) is 25.6 Å². The molecule has 2 atom stereocenters. The quantitative estimate of drug-likeness (QED) is 0.649. The van der Waals surface area contributed by atoms with Gasteiger partial charge in [0.2, 0.25) is 0 Å². The van der Waals surface area contributed by atoms with Gasteiger partial charge in [-0.2, -0.15) is 0 Å². The SMILES string of the molecule is CC(C)CCOC(C)(C)CCO[C@@H]1C[C@@H](C(=O)O)N(C(=O)OC(C)(C)C)C1. The maximum Gasteiger partial charge on any atom is 0.411 e. The fourth-order valence-corrected chi connectivity index (χ4v) is 2.79. The van der Waals surface area contributed by atoms with Crippen molar-refractivity contribution in [1.29, 1.82) is 0 Å². The van der Waals surface area contributed by atoms with Gasteiger partial charge in [0.25, 0.3) is 0 Å². The van der Waals surface area contributed by atoms with Crippen molar-refractivity contribution < 1.29 is 28.9 Å². The van der Waals surface area contributed by atoms with Crippen molar-refractivity contribution in [2.45, 2.75) is 91.1 Å². The number of rotatable bonds is 9. The van der Waals surface area contributed by atoms with Crippen molar-refractivity contribution in [1.82, 2.24) is 4.90 Å². The lowest BCUT2D eigenvalue weighted by molar-refractivity contribution is -0.142. The summed E-state index contributed by atoms with van der Waals surface area (Å²) in [5.74, 6) is -0.438. The molecule has 1 fully saturated rings. The van der Waals surface area contributed by atoms with Gasteiger partial charge in [-0.1, -0.05) is 13.8 Å². The van der Waals surface area contributed by atoms with Crippen molar-refractivity contribution in [2.75, 3.05) is 19.8 Å². The van der Waals surface area contributed by atoms with Crippen LogP contribution >= 0.6 is 0 Å². The molecule has 0 saturated carbocycles. The molecule has 1 rings (SSSR count). The fraction of sp³-hybridized carbons (Fsp3) is 0.900. The summed E-state index contributed by atoms with van der Waals surface area (Å²) in [5.41, 5.74) is -0.971. The molecule has 0 spiro atoms. The average molecular weight is 388 g/mol. The summed E-state index contributed by atoms with van der Waals surface area (Å²) < 4.78 is 17.1. The molecule has 0 aromatic rings. The lowest BCUT2D eigenvalue weighted by atomic mass is 10.1. The number of amides is 1. The van der Waals surface area contributed by atoms with Crippen molar-refractivity contribution >= 4 is 12.1 Å². The first-order valence-corrected chi connectivity index (χ1v) is 9.79. The van der Waals surface area contributed by atoms with Gasteiger partial charge in [-0.25, -0.2) is 9.59 Å². The predicted octanol–water partition coefficient (Wildman–Crippen LogP) is 3.70. The highest BCUT2D eigenvalue weighted by Gasteiger charge is 2.42. The van der Waals surface area contributed by atoms with E-state index in [4.69, 9.17) is 14.2 Å². The van der Waals surface area contributed by atoms with Crippen LogP contribution in [-0.4, -0.2) is 65.2 Å². The summed E-state index contributed by atoms with van der Waals surface area (Å²) in [6, 6.07) is -0.917. The van der Waals surface area contributed by atoms with Crippen LogP contribution in [0.2, 0.25) is 0 Å². The van der Waals surface area contributed by atoms with Crippen molar-refractivity contribution in [3.63, 3.8) is 0 Å². The minimum Gasteiger partial charge on any atom is -0.480 e. The minimum absolute atomic E-state index is 0.223. The number of carbonyl (C=O) groups is 2. The Balaban J connectivity index is 2.50. The Morgan fingerprint density at radius 2 is 1.78 bits per heavy atom. The molecule has 158 valence electrons. The second kappa shape index (κ2) is 9.73. The van der Waals surface area contributed by atoms with Gasteiger partial charge in [-0.3, -0.25) is 4.90 Å². The van der Waals surface area contributed by atoms with E-state index >= 15 is 0 Å². The number of carboxylic acid groups (broad SMARTS) is 1. The molecule has 0 unspecified atom stereocenters. The van der Waals surface area contributed by atoms with Crippen molar-refractivity contribution in [3.8, 4) is 0 Å². The standard InChI is InChI=1S/C20H37NO6/c1-14(2)8-10-26-20(6,7)9-11-25-15-12-16(17(22)23)21(13-15)18(24)27-19(3,4)5/h14-16H,8-13H2,1-7H3,(H,22,23)/t15-,16+/m1/s1. The smallest absolute Gasteiger partial charge is 0.411 e. The third kappa shape index (κ3) is 8.93. The van der Waals surface area contributed by atoms with Crippen LogP contribution in [0, 0.1) is 5.92 Å². The van der Waals surface area contributed by atoms with Gasteiger partial charge in [-0.05, 0) is 53.4 Å². The first-order valence-electron chi connectivity index (χ1n) is 9.79. The molecule has 0 aliphatic carbocycles. The molecular formula is C20H37NO6. The van der Waals surface area contributed by atoms with Crippen LogP contribution in [0.5, 0.6) is 0 Å². The van der Waals surface area contributed by atoms with E-state index in [1.807, 2.05) is 13.8 Å². The molecule has 0 bridgehead atoms. The monoisotopic (exact) mass is 387 g/mol. The Kier molecular flexibility index (Phi) is 8.54. The Bertz CT molecular complexity index is 497. The first-order chi connectivity index (χ1) is 12.3. The van der Waals surface area contributed by atoms with E-state index in [1.165, 1.54) is 4.90 Å². The van der Waals surface area contributed by atoms with Gasteiger partial charge in [0.1, 0.15) is 11.6 Å². The summed E-state index contributed by atoms with van der Waals surface area (Å²) in [6.45, 7) is 15.0. The molecular weight excluding hydrogens is 350 g/mol. The zero-order valence-corrected chi connectivity index (χ0v) is 17.9. The summed E-state index contributed by atoms with van der Waals surface area (Å²) in [6.07, 6.45) is 1.05. The van der Waals surface area contributed by atoms with E-state index < -0.39 is 23.7 Å². The Hall–Kier alpha value is -1.34. The van der Waals surface area contributed by atoms with Crippen LogP contribution in [0.3, 0.4) is 0 Å². The minimum atomic E-state index is -1.04. The number of carbonyl (C=O) groups excluding carboxylic acids is 1. The maximum atomic E-state index is 12.3. The number of hydrogen-bond donors (Lipinski definition) is 1. The predicted molar refractivity (Wildman–Crippen MR) is 103 cm³/mol. The molecule has 27 heavy (non-hydrogen) atoms. The summed E-state index contributed by atoms with van der Waals surface area (Å²) in [7, 11) is 0. The van der Waals surface area contributed by atoms with Gasteiger partial charge < -0.3 is 19.3 Å². The molecule has 1 N–H and O–H groups in total. The van der Waals surface area contributed by atoms with Gasteiger partial charge in [0.05, 0.1) is 18.2 Å². The highest BCUT2D eigenvalue weighted by molar-refractivity contribution is 5.81. The van der Waals surface area contributed by atoms with Crippen LogP contribution < -0.4 is 0 Å². The highest BCUT2D eigenvalue weighted by Crippen LogP contribution is 2.24. The fourth-order valence-electron chi connectivity index (χ4n) is 2.79. The van der Waals surface area contributed by atoms with Crippen LogP contribution in [-0.2, 0) is 19.0 Å². The number of ether oxygens (including phenoxy) is 3. The first kappa shape index (κ1) is 23.7. The van der Waals surface area contributed by atoms with Crippen molar-refractivity contribution in [3.05, 3.63) is 0 Å². The van der Waals surface area contributed by atoms with Gasteiger partial charge in [0, 0.05) is 19.6 Å². The lowest BCUT2D eigenvalue weighted by Gasteiger charge is -2.27. The normalized spacial score (nSPS) is 21.0.